The summed E-state index contributed by atoms with van der Waals surface area (Å²) in [6.45, 7) is 9.05. The van der Waals surface area contributed by atoms with Gasteiger partial charge < -0.3 is 0 Å². The van der Waals surface area contributed by atoms with Crippen molar-refractivity contribution in [2.45, 2.75) is 39.5 Å². The molecule has 0 N–H and O–H groups in total. The van der Waals surface area contributed by atoms with E-state index in [-0.39, 0.29) is 0 Å². The second kappa shape index (κ2) is 5.14. The van der Waals surface area contributed by atoms with Crippen LogP contribution in [0.3, 0.4) is 0 Å². The minimum atomic E-state index is 0.620. The molecule has 1 rings (SSSR count). The Hall–Kier alpha value is 0.680. The molecule has 0 unspecified atom stereocenters. The first-order valence-corrected chi connectivity index (χ1v) is 7.08. The highest BCUT2D eigenvalue weighted by atomic mass is 127. The van der Waals surface area contributed by atoms with Crippen LogP contribution in [0, 0.1) is 7.14 Å². The zero-order valence-corrected chi connectivity index (χ0v) is 13.4. The smallest absolute Gasteiger partial charge is 0.0200 e. The van der Waals surface area contributed by atoms with Crippen LogP contribution < -0.4 is 0 Å². The van der Waals surface area contributed by atoms with E-state index in [0.717, 1.165) is 0 Å². The van der Waals surface area contributed by atoms with Crippen molar-refractivity contribution >= 4 is 45.2 Å². The Morgan fingerprint density at radius 2 is 1.21 bits per heavy atom. The van der Waals surface area contributed by atoms with Crippen LogP contribution in [0.1, 0.15) is 50.7 Å². The zero-order valence-electron chi connectivity index (χ0n) is 9.07. The second-order valence-corrected chi connectivity index (χ2v) is 6.53. The van der Waals surface area contributed by atoms with Crippen LogP contribution in [0.15, 0.2) is 12.1 Å². The first kappa shape index (κ1) is 12.7. The van der Waals surface area contributed by atoms with E-state index >= 15 is 0 Å². The lowest BCUT2D eigenvalue weighted by Gasteiger charge is -2.16. The van der Waals surface area contributed by atoms with Crippen molar-refractivity contribution in [2.75, 3.05) is 0 Å². The maximum Gasteiger partial charge on any atom is 0.0200 e. The van der Waals surface area contributed by atoms with Crippen molar-refractivity contribution in [3.8, 4) is 0 Å². The Kier molecular flexibility index (Phi) is 4.68. The maximum absolute atomic E-state index is 2.48. The fourth-order valence-electron chi connectivity index (χ4n) is 1.47. The number of rotatable bonds is 2. The number of hydrogen-bond acceptors (Lipinski definition) is 0. The van der Waals surface area contributed by atoms with Gasteiger partial charge >= 0.3 is 0 Å². The molecule has 2 heteroatoms. The van der Waals surface area contributed by atoms with Gasteiger partial charge in [-0.3, -0.25) is 0 Å². The van der Waals surface area contributed by atoms with Gasteiger partial charge in [-0.1, -0.05) is 27.7 Å². The lowest BCUT2D eigenvalue weighted by Crippen LogP contribution is -2.00. The maximum atomic E-state index is 2.48. The highest BCUT2D eigenvalue weighted by molar-refractivity contribution is 14.1. The van der Waals surface area contributed by atoms with Crippen LogP contribution in [0.4, 0.5) is 0 Å². The fraction of sp³-hybridized carbons (Fsp3) is 0.500. The molecule has 0 aliphatic rings. The van der Waals surface area contributed by atoms with Gasteiger partial charge in [0.25, 0.3) is 0 Å². The van der Waals surface area contributed by atoms with Crippen LogP contribution >= 0.6 is 45.2 Å². The van der Waals surface area contributed by atoms with Crippen LogP contribution in [0.2, 0.25) is 0 Å². The third-order valence-corrected chi connectivity index (χ3v) is 4.21. The molecule has 14 heavy (non-hydrogen) atoms. The fourth-order valence-corrected chi connectivity index (χ4v) is 3.70. The summed E-state index contributed by atoms with van der Waals surface area (Å²) in [5, 5.41) is 0. The monoisotopic (exact) mass is 414 g/mol. The topological polar surface area (TPSA) is 0 Å². The Bertz CT molecular complexity index is 298. The number of hydrogen-bond donors (Lipinski definition) is 0. The summed E-state index contributed by atoms with van der Waals surface area (Å²) in [7, 11) is 0. The lowest BCUT2D eigenvalue weighted by molar-refractivity contribution is 0.821. The first-order chi connectivity index (χ1) is 6.43. The molecule has 0 spiro atoms. The van der Waals surface area contributed by atoms with Crippen LogP contribution in [0.5, 0.6) is 0 Å². The molecule has 0 saturated heterocycles. The molecule has 0 aliphatic carbocycles. The molecule has 0 saturated carbocycles. The molecular weight excluding hydrogens is 398 g/mol. The highest BCUT2D eigenvalue weighted by Crippen LogP contribution is 2.30. The average molecular weight is 414 g/mol. The van der Waals surface area contributed by atoms with Gasteiger partial charge in [0.1, 0.15) is 0 Å². The minimum Gasteiger partial charge on any atom is -0.0586 e. The average Bonchev–Trinajstić information content (AvgIpc) is 2.07. The molecule has 0 heterocycles. The quantitative estimate of drug-likeness (QED) is 0.588. The summed E-state index contributed by atoms with van der Waals surface area (Å²) >= 11 is 4.90. The van der Waals surface area contributed by atoms with Crippen LogP contribution in [0.25, 0.3) is 0 Å². The predicted octanol–water partition coefficient (Wildman–Crippen LogP) is 5.14. The molecule has 0 nitrogen and oxygen atoms in total. The van der Waals surface area contributed by atoms with Crippen LogP contribution in [-0.4, -0.2) is 0 Å². The first-order valence-electron chi connectivity index (χ1n) is 4.92. The summed E-state index contributed by atoms with van der Waals surface area (Å²) in [5.41, 5.74) is 2.97. The van der Waals surface area contributed by atoms with Gasteiger partial charge in [-0.05, 0) is 80.3 Å². The normalized spacial score (nSPS) is 11.4. The van der Waals surface area contributed by atoms with Crippen molar-refractivity contribution in [3.63, 3.8) is 0 Å². The highest BCUT2D eigenvalue weighted by Gasteiger charge is 2.12. The Morgan fingerprint density at radius 3 is 1.50 bits per heavy atom. The van der Waals surface area contributed by atoms with E-state index in [2.05, 4.69) is 85.0 Å². The van der Waals surface area contributed by atoms with Gasteiger partial charge in [-0.2, -0.15) is 0 Å². The third-order valence-electron chi connectivity index (χ3n) is 2.34. The number of benzene rings is 1. The molecular formula is C12H16I2. The number of halogens is 2. The van der Waals surface area contributed by atoms with E-state index in [0.29, 0.717) is 11.8 Å². The molecule has 1 aromatic rings. The van der Waals surface area contributed by atoms with Gasteiger partial charge in [0, 0.05) is 7.14 Å². The predicted molar refractivity (Wildman–Crippen MR) is 80.1 cm³/mol. The SMILES string of the molecule is CC(C)c1cc(I)cc(C(C)C)c1I. The summed E-state index contributed by atoms with van der Waals surface area (Å²) in [5.74, 6) is 1.24. The molecule has 0 amide bonds. The van der Waals surface area contributed by atoms with Gasteiger partial charge in [0.2, 0.25) is 0 Å². The summed E-state index contributed by atoms with van der Waals surface area (Å²) in [6.07, 6.45) is 0. The van der Waals surface area contributed by atoms with Gasteiger partial charge in [-0.25, -0.2) is 0 Å². The molecule has 0 bridgehead atoms. The molecule has 0 atom stereocenters. The van der Waals surface area contributed by atoms with Gasteiger partial charge in [0.15, 0.2) is 0 Å². The van der Waals surface area contributed by atoms with Crippen molar-refractivity contribution in [1.82, 2.24) is 0 Å². The van der Waals surface area contributed by atoms with E-state index in [1.807, 2.05) is 0 Å². The lowest BCUT2D eigenvalue weighted by atomic mass is 9.96. The molecule has 1 aromatic carbocycles. The van der Waals surface area contributed by atoms with Crippen molar-refractivity contribution in [3.05, 3.63) is 30.4 Å². The molecule has 0 aliphatic heterocycles. The summed E-state index contributed by atoms with van der Waals surface area (Å²) in [6, 6.07) is 4.61. The van der Waals surface area contributed by atoms with E-state index in [9.17, 15) is 0 Å². The van der Waals surface area contributed by atoms with E-state index < -0.39 is 0 Å². The van der Waals surface area contributed by atoms with Gasteiger partial charge in [-0.15, -0.1) is 0 Å². The third kappa shape index (κ3) is 2.84. The second-order valence-electron chi connectivity index (χ2n) is 4.21. The van der Waals surface area contributed by atoms with Crippen molar-refractivity contribution < 1.29 is 0 Å². The standard InChI is InChI=1S/C12H16I2/c1-7(2)10-5-9(13)6-11(8(3)4)12(10)14/h5-8H,1-4H3. The molecule has 0 fully saturated rings. The van der Waals surface area contributed by atoms with Crippen molar-refractivity contribution in [1.29, 1.82) is 0 Å². The Labute approximate surface area is 114 Å². The summed E-state index contributed by atoms with van der Waals surface area (Å²) in [4.78, 5) is 0. The molecule has 78 valence electrons. The van der Waals surface area contributed by atoms with E-state index in [1.54, 1.807) is 0 Å². The van der Waals surface area contributed by atoms with Crippen molar-refractivity contribution in [2.24, 2.45) is 0 Å². The largest absolute Gasteiger partial charge is 0.0586 e. The van der Waals surface area contributed by atoms with Gasteiger partial charge in [0.05, 0.1) is 0 Å². The van der Waals surface area contributed by atoms with Crippen LogP contribution in [-0.2, 0) is 0 Å². The minimum absolute atomic E-state index is 0.620. The molecule has 0 radical (unpaired) electrons. The Balaban J connectivity index is 3.32. The van der Waals surface area contributed by atoms with E-state index in [1.165, 1.54) is 18.3 Å². The molecule has 0 aromatic heterocycles. The Morgan fingerprint density at radius 1 is 0.857 bits per heavy atom. The summed E-state index contributed by atoms with van der Waals surface area (Å²) < 4.78 is 2.81. The zero-order chi connectivity index (χ0) is 10.9. The van der Waals surface area contributed by atoms with E-state index in [4.69, 9.17) is 0 Å².